The minimum atomic E-state index is -0.530. The van der Waals surface area contributed by atoms with Crippen molar-refractivity contribution in [1.29, 1.82) is 0 Å². The van der Waals surface area contributed by atoms with Crippen molar-refractivity contribution in [1.82, 2.24) is 19.3 Å². The summed E-state index contributed by atoms with van der Waals surface area (Å²) in [7, 11) is 1.47. The number of halogens is 1. The Morgan fingerprint density at radius 1 is 1.19 bits per heavy atom. The van der Waals surface area contributed by atoms with Gasteiger partial charge >= 0.3 is 5.69 Å². The number of piperidine rings is 1. The predicted molar refractivity (Wildman–Crippen MR) is 102 cm³/mol. The van der Waals surface area contributed by atoms with Gasteiger partial charge in [-0.1, -0.05) is 18.9 Å². The molecule has 146 valence electrons. The number of nitrogens with zero attached hydrogens (tertiary/aromatic N) is 5. The first-order valence-electron chi connectivity index (χ1n) is 9.48. The van der Waals surface area contributed by atoms with Crippen LogP contribution in [0.3, 0.4) is 0 Å². The predicted octanol–water partition coefficient (Wildman–Crippen LogP) is 1.89. The number of pyridine rings is 1. The van der Waals surface area contributed by atoms with Gasteiger partial charge in [0.1, 0.15) is 18.7 Å². The standard InChI is InChI=1S/C19H26FN5O2/c1-23-18(26)14-21-25(19(23)27)10-3-2-5-15-8-11-24(12-9-15)17-7-4-6-16(13-20)22-17/h4,6-7,14-15H,2-3,5,8-13H2,1H3. The van der Waals surface area contributed by atoms with E-state index in [1.807, 2.05) is 12.1 Å². The van der Waals surface area contributed by atoms with Crippen LogP contribution in [0.5, 0.6) is 0 Å². The van der Waals surface area contributed by atoms with E-state index in [-0.39, 0.29) is 11.2 Å². The largest absolute Gasteiger partial charge is 0.357 e. The molecule has 3 rings (SSSR count). The van der Waals surface area contributed by atoms with E-state index >= 15 is 0 Å². The second-order valence-electron chi connectivity index (χ2n) is 7.09. The molecule has 0 atom stereocenters. The molecule has 1 fully saturated rings. The van der Waals surface area contributed by atoms with Crippen molar-refractivity contribution in [3.8, 4) is 0 Å². The smallest absolute Gasteiger partial charge is 0.347 e. The van der Waals surface area contributed by atoms with Crippen LogP contribution in [0.15, 0.2) is 34.0 Å². The molecule has 3 heterocycles. The summed E-state index contributed by atoms with van der Waals surface area (Å²) in [6.07, 6.45) is 6.39. The summed E-state index contributed by atoms with van der Waals surface area (Å²) < 4.78 is 15.2. The second kappa shape index (κ2) is 8.92. The molecule has 7 nitrogen and oxygen atoms in total. The lowest BCUT2D eigenvalue weighted by molar-refractivity contribution is 0.359. The molecule has 1 aliphatic rings. The van der Waals surface area contributed by atoms with E-state index in [4.69, 9.17) is 0 Å². The monoisotopic (exact) mass is 375 g/mol. The van der Waals surface area contributed by atoms with Crippen LogP contribution < -0.4 is 16.1 Å². The number of hydrogen-bond donors (Lipinski definition) is 0. The van der Waals surface area contributed by atoms with Crippen molar-refractivity contribution in [2.75, 3.05) is 18.0 Å². The number of hydrogen-bond acceptors (Lipinski definition) is 5. The highest BCUT2D eigenvalue weighted by molar-refractivity contribution is 5.39. The Bertz CT molecular complexity index is 871. The van der Waals surface area contributed by atoms with E-state index < -0.39 is 6.67 Å². The summed E-state index contributed by atoms with van der Waals surface area (Å²) in [5.41, 5.74) is -0.259. The molecule has 0 spiro atoms. The maximum atomic E-state index is 12.8. The van der Waals surface area contributed by atoms with Crippen molar-refractivity contribution in [2.45, 2.75) is 45.3 Å². The Balaban J connectivity index is 1.42. The van der Waals surface area contributed by atoms with Gasteiger partial charge in [-0.25, -0.2) is 18.9 Å². The molecule has 0 saturated carbocycles. The molecule has 0 bridgehead atoms. The molecule has 0 amide bonds. The lowest BCUT2D eigenvalue weighted by Gasteiger charge is -2.33. The van der Waals surface area contributed by atoms with Crippen LogP contribution in [0.4, 0.5) is 10.2 Å². The topological polar surface area (TPSA) is 73.0 Å². The molecule has 0 N–H and O–H groups in total. The molecule has 0 unspecified atom stereocenters. The first-order chi connectivity index (χ1) is 13.1. The summed E-state index contributed by atoms with van der Waals surface area (Å²) in [6, 6.07) is 5.51. The highest BCUT2D eigenvalue weighted by atomic mass is 19.1. The Kier molecular flexibility index (Phi) is 6.36. The molecule has 2 aromatic rings. The maximum Gasteiger partial charge on any atom is 0.347 e. The van der Waals surface area contributed by atoms with Crippen LogP contribution in [0.25, 0.3) is 0 Å². The zero-order valence-corrected chi connectivity index (χ0v) is 15.7. The number of unbranched alkanes of at least 4 members (excludes halogenated alkanes) is 1. The Labute approximate surface area is 157 Å². The third-order valence-corrected chi connectivity index (χ3v) is 5.25. The van der Waals surface area contributed by atoms with E-state index in [1.54, 1.807) is 6.07 Å². The van der Waals surface area contributed by atoms with E-state index in [2.05, 4.69) is 15.0 Å². The average molecular weight is 375 g/mol. The van der Waals surface area contributed by atoms with Crippen LogP contribution in [0.1, 0.15) is 37.8 Å². The van der Waals surface area contributed by atoms with Crippen LogP contribution >= 0.6 is 0 Å². The van der Waals surface area contributed by atoms with Crippen molar-refractivity contribution in [2.24, 2.45) is 13.0 Å². The van der Waals surface area contributed by atoms with E-state index in [1.165, 1.54) is 17.9 Å². The molecular formula is C19H26FN5O2. The third-order valence-electron chi connectivity index (χ3n) is 5.25. The zero-order chi connectivity index (χ0) is 19.2. The fourth-order valence-corrected chi connectivity index (χ4v) is 3.54. The summed E-state index contributed by atoms with van der Waals surface area (Å²) in [5, 5.41) is 3.91. The molecule has 27 heavy (non-hydrogen) atoms. The SMILES string of the molecule is Cn1c(=O)cnn(CCCCC2CCN(c3cccc(CF)n3)CC2)c1=O. The fraction of sp³-hybridized carbons (Fsp3) is 0.579. The molecule has 0 aromatic carbocycles. The number of anilines is 1. The molecular weight excluding hydrogens is 349 g/mol. The van der Waals surface area contributed by atoms with Gasteiger partial charge in [-0.15, -0.1) is 0 Å². The number of rotatable bonds is 7. The summed E-state index contributed by atoms with van der Waals surface area (Å²) in [6.45, 7) is 1.88. The van der Waals surface area contributed by atoms with Crippen molar-refractivity contribution in [3.05, 3.63) is 50.9 Å². The summed E-state index contributed by atoms with van der Waals surface area (Å²) in [5.74, 6) is 1.53. The van der Waals surface area contributed by atoms with Crippen LogP contribution in [-0.4, -0.2) is 32.4 Å². The van der Waals surface area contributed by atoms with Gasteiger partial charge in [0.05, 0.1) is 5.69 Å². The lowest BCUT2D eigenvalue weighted by atomic mass is 9.91. The van der Waals surface area contributed by atoms with Gasteiger partial charge in [-0.3, -0.25) is 9.36 Å². The first-order valence-corrected chi connectivity index (χ1v) is 9.48. The highest BCUT2D eigenvalue weighted by Crippen LogP contribution is 2.25. The molecule has 0 radical (unpaired) electrons. The molecule has 1 saturated heterocycles. The number of aromatic nitrogens is 4. The summed E-state index contributed by atoms with van der Waals surface area (Å²) >= 11 is 0. The Morgan fingerprint density at radius 2 is 1.96 bits per heavy atom. The second-order valence-corrected chi connectivity index (χ2v) is 7.09. The van der Waals surface area contributed by atoms with E-state index in [0.717, 1.165) is 55.6 Å². The van der Waals surface area contributed by atoms with Gasteiger partial charge in [0, 0.05) is 26.7 Å². The van der Waals surface area contributed by atoms with Gasteiger partial charge in [0.2, 0.25) is 0 Å². The molecule has 0 aliphatic carbocycles. The Morgan fingerprint density at radius 3 is 2.70 bits per heavy atom. The van der Waals surface area contributed by atoms with Crippen molar-refractivity contribution in [3.63, 3.8) is 0 Å². The number of alkyl halides is 1. The van der Waals surface area contributed by atoms with Crippen molar-refractivity contribution >= 4 is 5.82 Å². The molecule has 8 heteroatoms. The normalized spacial score (nSPS) is 15.3. The fourth-order valence-electron chi connectivity index (χ4n) is 3.54. The quantitative estimate of drug-likeness (QED) is 0.691. The van der Waals surface area contributed by atoms with Gasteiger partial charge in [0.15, 0.2) is 0 Å². The lowest BCUT2D eigenvalue weighted by Crippen LogP contribution is -2.39. The Hall–Kier alpha value is -2.51. The van der Waals surface area contributed by atoms with Crippen LogP contribution in [-0.2, 0) is 20.3 Å². The van der Waals surface area contributed by atoms with E-state index in [0.29, 0.717) is 18.2 Å². The number of aryl methyl sites for hydroxylation is 1. The van der Waals surface area contributed by atoms with E-state index in [9.17, 15) is 14.0 Å². The van der Waals surface area contributed by atoms with Gasteiger partial charge in [0.25, 0.3) is 5.56 Å². The van der Waals surface area contributed by atoms with Crippen LogP contribution in [0, 0.1) is 5.92 Å². The highest BCUT2D eigenvalue weighted by Gasteiger charge is 2.20. The maximum absolute atomic E-state index is 12.8. The third kappa shape index (κ3) is 4.81. The minimum absolute atomic E-state index is 0.362. The first kappa shape index (κ1) is 19.3. The summed E-state index contributed by atoms with van der Waals surface area (Å²) in [4.78, 5) is 29.9. The van der Waals surface area contributed by atoms with Gasteiger partial charge in [-0.05, 0) is 37.3 Å². The van der Waals surface area contributed by atoms with Crippen molar-refractivity contribution < 1.29 is 4.39 Å². The average Bonchev–Trinajstić information content (AvgIpc) is 2.71. The molecule has 2 aromatic heterocycles. The zero-order valence-electron chi connectivity index (χ0n) is 15.7. The van der Waals surface area contributed by atoms with Crippen LogP contribution in [0.2, 0.25) is 0 Å². The van der Waals surface area contributed by atoms with Gasteiger partial charge < -0.3 is 4.90 Å². The molecule has 1 aliphatic heterocycles. The van der Waals surface area contributed by atoms with Gasteiger partial charge in [-0.2, -0.15) is 5.10 Å². The minimum Gasteiger partial charge on any atom is -0.357 e.